The zero-order valence-corrected chi connectivity index (χ0v) is 14.9. The summed E-state index contributed by atoms with van der Waals surface area (Å²) in [7, 11) is 0. The average molecular weight is 375 g/mol. The van der Waals surface area contributed by atoms with Gasteiger partial charge in [-0.15, -0.1) is 0 Å². The smallest absolute Gasteiger partial charge is 0.290 e. The van der Waals surface area contributed by atoms with Gasteiger partial charge < -0.3 is 25.0 Å². The van der Waals surface area contributed by atoms with Gasteiger partial charge in [-0.05, 0) is 47.0 Å². The van der Waals surface area contributed by atoms with Crippen molar-refractivity contribution in [3.8, 4) is 5.75 Å². The molecule has 3 N–H and O–H groups in total. The second-order valence-corrected chi connectivity index (χ2v) is 6.71. The van der Waals surface area contributed by atoms with E-state index in [0.717, 1.165) is 5.56 Å². The number of phenols is 1. The molecule has 1 aromatic carbocycles. The Morgan fingerprint density at radius 2 is 2.27 bits per heavy atom. The Labute approximate surface area is 155 Å². The minimum absolute atomic E-state index is 0.0130. The maximum Gasteiger partial charge on any atom is 0.290 e. The first-order valence-corrected chi connectivity index (χ1v) is 9.33. The molecule has 138 valence electrons. The Morgan fingerprint density at radius 1 is 1.38 bits per heavy atom. The van der Waals surface area contributed by atoms with Crippen LogP contribution in [0.4, 0.5) is 5.69 Å². The van der Waals surface area contributed by atoms with Crippen LogP contribution in [-0.4, -0.2) is 35.6 Å². The molecule has 2 aromatic rings. The number of allylic oxidation sites excluding steroid dienone is 1. The normalized spacial score (nSPS) is 19.5. The van der Waals surface area contributed by atoms with Crippen molar-refractivity contribution in [1.82, 2.24) is 0 Å². The van der Waals surface area contributed by atoms with Crippen molar-refractivity contribution in [3.05, 3.63) is 58.5 Å². The fourth-order valence-corrected chi connectivity index (χ4v) is 3.42. The van der Waals surface area contributed by atoms with Crippen molar-refractivity contribution < 1.29 is 24.5 Å². The molecule has 0 unspecified atom stereocenters. The summed E-state index contributed by atoms with van der Waals surface area (Å²) in [6.07, 6.45) is 2.36. The van der Waals surface area contributed by atoms with Gasteiger partial charge in [0.25, 0.3) is 5.91 Å². The first kappa shape index (κ1) is 18.4. The van der Waals surface area contributed by atoms with Crippen LogP contribution in [0.15, 0.2) is 52.9 Å². The van der Waals surface area contributed by atoms with Crippen molar-refractivity contribution in [3.63, 3.8) is 0 Å². The number of thiophene rings is 1. The van der Waals surface area contributed by atoms with Crippen LogP contribution < -0.4 is 5.32 Å². The van der Waals surface area contributed by atoms with E-state index in [9.17, 15) is 9.90 Å². The number of anilines is 1. The second-order valence-electron chi connectivity index (χ2n) is 5.93. The van der Waals surface area contributed by atoms with Gasteiger partial charge in [-0.1, -0.05) is 6.07 Å². The second kappa shape index (κ2) is 8.84. The lowest BCUT2D eigenvalue weighted by Gasteiger charge is -2.29. The molecule has 6 nitrogen and oxygen atoms in total. The zero-order chi connectivity index (χ0) is 18.4. The molecule has 3 rings (SSSR count). The van der Waals surface area contributed by atoms with Gasteiger partial charge in [-0.3, -0.25) is 4.79 Å². The third-order valence-electron chi connectivity index (χ3n) is 3.96. The highest BCUT2D eigenvalue weighted by Crippen LogP contribution is 2.33. The minimum Gasteiger partial charge on any atom is -0.508 e. The number of carbonyl (C=O) groups excluding carboxylic acids is 1. The number of hydrogen-bond donors (Lipinski definition) is 3. The van der Waals surface area contributed by atoms with Crippen molar-refractivity contribution in [2.45, 2.75) is 25.0 Å². The molecule has 1 aliphatic rings. The highest BCUT2D eigenvalue weighted by molar-refractivity contribution is 7.08. The molecule has 2 atom stereocenters. The van der Waals surface area contributed by atoms with Gasteiger partial charge in [0.05, 0.1) is 6.61 Å². The van der Waals surface area contributed by atoms with Crippen LogP contribution in [0, 0.1) is 0 Å². The van der Waals surface area contributed by atoms with E-state index in [4.69, 9.17) is 14.6 Å². The lowest BCUT2D eigenvalue weighted by molar-refractivity contribution is -0.144. The molecule has 1 aromatic heterocycles. The highest BCUT2D eigenvalue weighted by atomic mass is 32.1. The molecule has 1 amide bonds. The molecular weight excluding hydrogens is 354 g/mol. The van der Waals surface area contributed by atoms with Gasteiger partial charge >= 0.3 is 0 Å². The SMILES string of the molecule is O=C(Nc1cccc(O)c1)C1=C[C@H](c2ccsc2)C[C@H](OCCCO)O1. The lowest BCUT2D eigenvalue weighted by atomic mass is 9.95. The molecule has 26 heavy (non-hydrogen) atoms. The number of nitrogens with one attached hydrogen (secondary N) is 1. The summed E-state index contributed by atoms with van der Waals surface area (Å²) >= 11 is 1.60. The summed E-state index contributed by atoms with van der Waals surface area (Å²) in [5.41, 5.74) is 1.59. The first-order valence-electron chi connectivity index (χ1n) is 8.39. The van der Waals surface area contributed by atoms with Crippen molar-refractivity contribution >= 4 is 22.9 Å². The quantitative estimate of drug-likeness (QED) is 0.647. The molecule has 1 aliphatic heterocycles. The predicted octanol–water partition coefficient (Wildman–Crippen LogP) is 3.21. The standard InChI is InChI=1S/C19H21NO5S/c21-6-2-7-24-18-10-14(13-5-8-26-12-13)9-17(25-18)19(23)20-15-3-1-4-16(22)11-15/h1,3-5,8-9,11-12,14,18,21-22H,2,6-7,10H2,(H,20,23)/t14-,18+/m0/s1. The molecule has 0 bridgehead atoms. The number of benzene rings is 1. The fourth-order valence-electron chi connectivity index (χ4n) is 2.69. The van der Waals surface area contributed by atoms with Crippen LogP contribution in [0.2, 0.25) is 0 Å². The maximum absolute atomic E-state index is 12.6. The Hall–Kier alpha value is -2.35. The summed E-state index contributed by atoms with van der Waals surface area (Å²) in [5.74, 6) is -0.127. The Balaban J connectivity index is 1.74. The van der Waals surface area contributed by atoms with Gasteiger partial charge in [0.1, 0.15) is 5.75 Å². The van der Waals surface area contributed by atoms with E-state index in [1.165, 1.54) is 12.1 Å². The number of aliphatic hydroxyl groups is 1. The molecule has 0 fully saturated rings. The Morgan fingerprint density at radius 3 is 3.00 bits per heavy atom. The number of phenolic OH excluding ortho intramolecular Hbond substituents is 1. The van der Waals surface area contributed by atoms with E-state index >= 15 is 0 Å². The van der Waals surface area contributed by atoms with Crippen LogP contribution in [0.3, 0.4) is 0 Å². The number of amides is 1. The van der Waals surface area contributed by atoms with E-state index in [0.29, 0.717) is 25.1 Å². The number of carbonyl (C=O) groups is 1. The van der Waals surface area contributed by atoms with Gasteiger partial charge in [-0.2, -0.15) is 11.3 Å². The van der Waals surface area contributed by atoms with Gasteiger partial charge in [0, 0.05) is 30.7 Å². The Bertz CT molecular complexity index is 759. The van der Waals surface area contributed by atoms with E-state index < -0.39 is 12.2 Å². The molecule has 0 radical (unpaired) electrons. The topological polar surface area (TPSA) is 88.0 Å². The molecule has 0 spiro atoms. The lowest BCUT2D eigenvalue weighted by Crippen LogP contribution is -2.29. The molecule has 7 heteroatoms. The van der Waals surface area contributed by atoms with Gasteiger partial charge in [0.15, 0.2) is 5.76 Å². The molecule has 2 heterocycles. The van der Waals surface area contributed by atoms with Gasteiger partial charge in [-0.25, -0.2) is 0 Å². The number of aromatic hydroxyl groups is 1. The number of ether oxygens (including phenoxy) is 2. The molecular formula is C19H21NO5S. The summed E-state index contributed by atoms with van der Waals surface area (Å²) in [6.45, 7) is 0.403. The molecule has 0 saturated heterocycles. The van der Waals surface area contributed by atoms with Crippen LogP contribution in [-0.2, 0) is 14.3 Å². The third-order valence-corrected chi connectivity index (χ3v) is 4.66. The van der Waals surface area contributed by atoms with E-state index in [2.05, 4.69) is 5.32 Å². The molecule has 0 saturated carbocycles. The summed E-state index contributed by atoms with van der Waals surface area (Å²) in [4.78, 5) is 12.6. The Kier molecular flexibility index (Phi) is 6.27. The molecule has 0 aliphatic carbocycles. The minimum atomic E-state index is -0.554. The van der Waals surface area contributed by atoms with E-state index in [1.807, 2.05) is 16.8 Å². The van der Waals surface area contributed by atoms with E-state index in [1.54, 1.807) is 29.5 Å². The summed E-state index contributed by atoms with van der Waals surface area (Å²) in [5, 5.41) is 25.2. The van der Waals surface area contributed by atoms with Crippen molar-refractivity contribution in [2.75, 3.05) is 18.5 Å². The summed E-state index contributed by atoms with van der Waals surface area (Å²) < 4.78 is 11.4. The van der Waals surface area contributed by atoms with Crippen molar-refractivity contribution in [1.29, 1.82) is 0 Å². The van der Waals surface area contributed by atoms with Crippen LogP contribution in [0.25, 0.3) is 0 Å². The maximum atomic E-state index is 12.6. The summed E-state index contributed by atoms with van der Waals surface area (Å²) in [6, 6.07) is 8.35. The van der Waals surface area contributed by atoms with E-state index in [-0.39, 0.29) is 24.0 Å². The third kappa shape index (κ3) is 4.85. The van der Waals surface area contributed by atoms with Crippen molar-refractivity contribution in [2.24, 2.45) is 0 Å². The van der Waals surface area contributed by atoms with Crippen LogP contribution in [0.1, 0.15) is 24.3 Å². The zero-order valence-electron chi connectivity index (χ0n) is 14.1. The predicted molar refractivity (Wildman–Crippen MR) is 99.0 cm³/mol. The number of aliphatic hydroxyl groups excluding tert-OH is 1. The largest absolute Gasteiger partial charge is 0.508 e. The van der Waals surface area contributed by atoms with Crippen LogP contribution in [0.5, 0.6) is 5.75 Å². The fraction of sp³-hybridized carbons (Fsp3) is 0.316. The first-order chi connectivity index (χ1) is 12.7. The number of rotatable bonds is 7. The number of hydrogen-bond acceptors (Lipinski definition) is 6. The van der Waals surface area contributed by atoms with Gasteiger partial charge in [0.2, 0.25) is 6.29 Å². The van der Waals surface area contributed by atoms with Crippen LogP contribution >= 0.6 is 11.3 Å². The highest BCUT2D eigenvalue weighted by Gasteiger charge is 2.29. The monoisotopic (exact) mass is 375 g/mol. The average Bonchev–Trinajstić information content (AvgIpc) is 3.16.